The van der Waals surface area contributed by atoms with Crippen molar-refractivity contribution in [1.29, 1.82) is 0 Å². The highest BCUT2D eigenvalue weighted by Gasteiger charge is 2.29. The third-order valence-corrected chi connectivity index (χ3v) is 7.24. The van der Waals surface area contributed by atoms with Gasteiger partial charge in [0.2, 0.25) is 5.52 Å². The Labute approximate surface area is 185 Å². The summed E-state index contributed by atoms with van der Waals surface area (Å²) in [6.07, 6.45) is 0. The lowest BCUT2D eigenvalue weighted by molar-refractivity contribution is 0.103. The zero-order valence-corrected chi connectivity index (χ0v) is 19.1. The minimum absolute atomic E-state index is 0.000919. The Balaban J connectivity index is 2.12. The molecule has 0 saturated carbocycles. The van der Waals surface area contributed by atoms with Crippen LogP contribution in [0.4, 0.5) is 0 Å². The quantitative estimate of drug-likeness (QED) is 0.340. The Bertz CT molecular complexity index is 1150. The van der Waals surface area contributed by atoms with Crippen LogP contribution in [0.5, 0.6) is 5.75 Å². The number of hydrogen-bond acceptors (Lipinski definition) is 4. The van der Waals surface area contributed by atoms with Crippen LogP contribution in [-0.2, 0) is 4.57 Å². The molecule has 4 nitrogen and oxygen atoms in total. The summed E-state index contributed by atoms with van der Waals surface area (Å²) >= 11 is 12.9. The van der Waals surface area contributed by atoms with Crippen molar-refractivity contribution < 1.29 is 18.9 Å². The van der Waals surface area contributed by atoms with Gasteiger partial charge < -0.3 is 9.30 Å². The van der Waals surface area contributed by atoms with Gasteiger partial charge in [-0.05, 0) is 31.0 Å². The molecule has 0 N–H and O–H groups in total. The van der Waals surface area contributed by atoms with E-state index in [0.717, 1.165) is 11.1 Å². The van der Waals surface area contributed by atoms with Gasteiger partial charge in [-0.2, -0.15) is 0 Å². The summed E-state index contributed by atoms with van der Waals surface area (Å²) in [5.74, 6) is -0.375. The van der Waals surface area contributed by atoms with E-state index in [2.05, 4.69) is 0 Å². The van der Waals surface area contributed by atoms with Crippen molar-refractivity contribution in [3.63, 3.8) is 0 Å². The third kappa shape index (κ3) is 4.09. The molecule has 3 aromatic rings. The van der Waals surface area contributed by atoms with Crippen LogP contribution < -0.4 is 10.0 Å². The van der Waals surface area contributed by atoms with Gasteiger partial charge in [0.25, 0.3) is 0 Å². The van der Waals surface area contributed by atoms with E-state index in [1.165, 1.54) is 13.2 Å². The van der Waals surface area contributed by atoms with Crippen LogP contribution in [0.15, 0.2) is 54.6 Å². The number of methoxy groups -OCH3 is 1. The maximum Gasteiger partial charge on any atom is 0.223 e. The molecule has 0 saturated heterocycles. The lowest BCUT2D eigenvalue weighted by Gasteiger charge is -2.16. The van der Waals surface area contributed by atoms with E-state index >= 15 is 0 Å². The highest BCUT2D eigenvalue weighted by molar-refractivity contribution is 7.72. The van der Waals surface area contributed by atoms with Crippen molar-refractivity contribution >= 4 is 47.6 Å². The standard InChI is InChI=1S/C23H19Cl2O4P/c1-13-8-7-9-14(2)18(13)23(27)30(28)22-17(24)12-16(19(25)21(22)29-3)20(26)15-10-5-4-6-11-15/h4-12,30H,1-3H3. The van der Waals surface area contributed by atoms with Crippen LogP contribution in [-0.4, -0.2) is 18.4 Å². The molecule has 0 amide bonds. The number of carbonyl (C=O) groups is 2. The summed E-state index contributed by atoms with van der Waals surface area (Å²) in [6, 6.07) is 15.3. The molecule has 3 rings (SSSR count). The molecule has 3 aromatic carbocycles. The maximum absolute atomic E-state index is 13.3. The SMILES string of the molecule is COc1c(Cl)c(C(=O)c2ccccc2)cc(Cl)c1[PH](=O)C(=O)c1c(C)cccc1C. The smallest absolute Gasteiger partial charge is 0.223 e. The van der Waals surface area contributed by atoms with Crippen molar-refractivity contribution in [3.8, 4) is 5.75 Å². The van der Waals surface area contributed by atoms with Gasteiger partial charge in [-0.15, -0.1) is 0 Å². The highest BCUT2D eigenvalue weighted by Crippen LogP contribution is 2.41. The van der Waals surface area contributed by atoms with Crippen molar-refractivity contribution in [3.05, 3.63) is 92.5 Å². The second kappa shape index (κ2) is 9.18. The fourth-order valence-corrected chi connectivity index (χ4v) is 5.73. The summed E-state index contributed by atoms with van der Waals surface area (Å²) < 4.78 is 18.6. The summed E-state index contributed by atoms with van der Waals surface area (Å²) in [5, 5.41) is -0.0103. The van der Waals surface area contributed by atoms with Gasteiger partial charge in [0.1, 0.15) is 0 Å². The van der Waals surface area contributed by atoms with Gasteiger partial charge >= 0.3 is 0 Å². The molecular formula is C23H19Cl2O4P. The first-order valence-electron chi connectivity index (χ1n) is 9.08. The first kappa shape index (κ1) is 22.3. The molecule has 0 radical (unpaired) electrons. The van der Waals surface area contributed by atoms with E-state index in [1.54, 1.807) is 56.3 Å². The van der Waals surface area contributed by atoms with Crippen LogP contribution in [0.1, 0.15) is 37.4 Å². The Morgan fingerprint density at radius 3 is 2.10 bits per heavy atom. The molecular weight excluding hydrogens is 442 g/mol. The Kier molecular flexibility index (Phi) is 6.82. The monoisotopic (exact) mass is 460 g/mol. The number of rotatable bonds is 6. The van der Waals surface area contributed by atoms with Gasteiger partial charge in [0.05, 0.1) is 22.5 Å². The number of aryl methyl sites for hydroxylation is 2. The molecule has 0 aliphatic rings. The highest BCUT2D eigenvalue weighted by atomic mass is 35.5. The Morgan fingerprint density at radius 2 is 1.53 bits per heavy atom. The van der Waals surface area contributed by atoms with Gasteiger partial charge in [0.15, 0.2) is 19.3 Å². The van der Waals surface area contributed by atoms with E-state index in [-0.39, 0.29) is 32.4 Å². The van der Waals surface area contributed by atoms with E-state index < -0.39 is 13.3 Å². The zero-order chi connectivity index (χ0) is 22.0. The molecule has 0 aliphatic carbocycles. The number of carbonyl (C=O) groups excluding carboxylic acids is 2. The van der Waals surface area contributed by atoms with Crippen LogP contribution in [0.2, 0.25) is 10.0 Å². The summed E-state index contributed by atoms with van der Waals surface area (Å²) in [7, 11) is -1.75. The van der Waals surface area contributed by atoms with E-state index in [1.807, 2.05) is 6.07 Å². The van der Waals surface area contributed by atoms with Crippen molar-refractivity contribution in [2.75, 3.05) is 7.11 Å². The number of benzene rings is 3. The minimum atomic E-state index is -3.08. The predicted octanol–water partition coefficient (Wildman–Crippen LogP) is 5.88. The molecule has 30 heavy (non-hydrogen) atoms. The van der Waals surface area contributed by atoms with E-state index in [9.17, 15) is 14.2 Å². The van der Waals surface area contributed by atoms with E-state index in [0.29, 0.717) is 11.1 Å². The second-order valence-corrected chi connectivity index (χ2v) is 9.15. The number of ether oxygens (including phenoxy) is 1. The molecule has 154 valence electrons. The number of halogens is 2. The van der Waals surface area contributed by atoms with Crippen LogP contribution in [0.25, 0.3) is 0 Å². The van der Waals surface area contributed by atoms with Crippen LogP contribution in [0.3, 0.4) is 0 Å². The molecule has 0 spiro atoms. The summed E-state index contributed by atoms with van der Waals surface area (Å²) in [5.41, 5.74) is 1.83. The molecule has 0 heterocycles. The minimum Gasteiger partial charge on any atom is -0.494 e. The van der Waals surface area contributed by atoms with Crippen molar-refractivity contribution in [2.24, 2.45) is 0 Å². The average Bonchev–Trinajstić information content (AvgIpc) is 2.74. The fraction of sp³-hybridized carbons (Fsp3) is 0.130. The van der Waals surface area contributed by atoms with Crippen molar-refractivity contribution in [2.45, 2.75) is 13.8 Å². The molecule has 0 aromatic heterocycles. The molecule has 1 unspecified atom stereocenters. The lowest BCUT2D eigenvalue weighted by atomic mass is 10.0. The van der Waals surface area contributed by atoms with Gasteiger partial charge in [-0.25, -0.2) is 0 Å². The third-order valence-electron chi connectivity index (χ3n) is 4.80. The Morgan fingerprint density at radius 1 is 0.933 bits per heavy atom. The first-order chi connectivity index (χ1) is 14.3. The summed E-state index contributed by atoms with van der Waals surface area (Å²) in [6.45, 7) is 3.56. The number of ketones is 1. The number of hydrogen-bond donors (Lipinski definition) is 0. The molecule has 1 atom stereocenters. The maximum atomic E-state index is 13.3. The Hall–Kier alpha value is -2.39. The predicted molar refractivity (Wildman–Crippen MR) is 122 cm³/mol. The van der Waals surface area contributed by atoms with E-state index in [4.69, 9.17) is 27.9 Å². The summed E-state index contributed by atoms with van der Waals surface area (Å²) in [4.78, 5) is 25.9. The zero-order valence-electron chi connectivity index (χ0n) is 16.6. The molecule has 0 aliphatic heterocycles. The molecule has 0 bridgehead atoms. The second-order valence-electron chi connectivity index (χ2n) is 6.75. The topological polar surface area (TPSA) is 60.4 Å². The lowest BCUT2D eigenvalue weighted by Crippen LogP contribution is -2.14. The first-order valence-corrected chi connectivity index (χ1v) is 11.2. The average molecular weight is 461 g/mol. The molecule has 7 heteroatoms. The van der Waals surface area contributed by atoms with Gasteiger partial charge in [0, 0.05) is 16.7 Å². The van der Waals surface area contributed by atoms with Crippen LogP contribution >= 0.6 is 31.0 Å². The van der Waals surface area contributed by atoms with Gasteiger partial charge in [-0.3, -0.25) is 9.59 Å². The van der Waals surface area contributed by atoms with Gasteiger partial charge in [-0.1, -0.05) is 71.7 Å². The fourth-order valence-electron chi connectivity index (χ4n) is 3.32. The molecule has 0 fully saturated rings. The largest absolute Gasteiger partial charge is 0.494 e. The van der Waals surface area contributed by atoms with Crippen LogP contribution in [0, 0.1) is 13.8 Å². The van der Waals surface area contributed by atoms with Crippen molar-refractivity contribution in [1.82, 2.24) is 0 Å². The normalized spacial score (nSPS) is 11.8.